The summed E-state index contributed by atoms with van der Waals surface area (Å²) in [5, 5.41) is 8.02. The highest BCUT2D eigenvalue weighted by atomic mass is 27.0. The molecular formula is C6H11AlO2. The third-order valence-electron chi connectivity index (χ3n) is 0.542. The van der Waals surface area contributed by atoms with Crippen LogP contribution >= 0.6 is 0 Å². The summed E-state index contributed by atoms with van der Waals surface area (Å²) in [4.78, 5) is 9.75. The van der Waals surface area contributed by atoms with Gasteiger partial charge in [-0.15, -0.1) is 0 Å². The fourth-order valence-electron chi connectivity index (χ4n) is 0.249. The van der Waals surface area contributed by atoms with E-state index in [1.807, 2.05) is 6.92 Å². The summed E-state index contributed by atoms with van der Waals surface area (Å²) >= 11 is 0. The van der Waals surface area contributed by atoms with Gasteiger partial charge < -0.3 is 5.11 Å². The molecule has 2 nitrogen and oxygen atoms in total. The molecule has 0 fully saturated rings. The van der Waals surface area contributed by atoms with Gasteiger partial charge in [0.2, 0.25) is 0 Å². The minimum atomic E-state index is -0.914. The minimum absolute atomic E-state index is 0. The Morgan fingerprint density at radius 1 is 1.44 bits per heavy atom. The van der Waals surface area contributed by atoms with Crippen LogP contribution in [0.1, 0.15) is 6.92 Å². The quantitative estimate of drug-likeness (QED) is 0.335. The first-order valence-corrected chi connectivity index (χ1v) is 2.29. The molecule has 0 radical (unpaired) electrons. The predicted octanol–water partition coefficient (Wildman–Crippen LogP) is 0.0194. The van der Waals surface area contributed by atoms with E-state index in [-0.39, 0.29) is 17.4 Å². The molecular weight excluding hydrogens is 131 g/mol. The lowest BCUT2D eigenvalue weighted by molar-refractivity contribution is -0.131. The zero-order chi connectivity index (χ0) is 6.41. The highest BCUT2D eigenvalue weighted by Crippen LogP contribution is 1.74. The van der Waals surface area contributed by atoms with Gasteiger partial charge in [-0.05, 0) is 6.92 Å². The van der Waals surface area contributed by atoms with Crippen molar-refractivity contribution in [2.45, 2.75) is 6.92 Å². The van der Waals surface area contributed by atoms with Crippen molar-refractivity contribution in [3.8, 4) is 0 Å². The Morgan fingerprint density at radius 2 is 2.00 bits per heavy atom. The molecule has 0 aliphatic carbocycles. The molecule has 0 spiro atoms. The highest BCUT2D eigenvalue weighted by Gasteiger charge is 1.78. The van der Waals surface area contributed by atoms with Crippen LogP contribution in [0.2, 0.25) is 0 Å². The molecule has 0 atom stereocenters. The maximum absolute atomic E-state index is 9.75. The Balaban J connectivity index is 0. The Kier molecular flexibility index (Phi) is 9.40. The summed E-state index contributed by atoms with van der Waals surface area (Å²) < 4.78 is 0. The van der Waals surface area contributed by atoms with E-state index >= 15 is 0 Å². The monoisotopic (exact) mass is 142 g/mol. The molecule has 0 heterocycles. The van der Waals surface area contributed by atoms with Gasteiger partial charge >= 0.3 is 5.97 Å². The van der Waals surface area contributed by atoms with Gasteiger partial charge in [0, 0.05) is 6.08 Å². The van der Waals surface area contributed by atoms with Gasteiger partial charge in [-0.25, -0.2) is 4.79 Å². The van der Waals surface area contributed by atoms with Gasteiger partial charge in [0.15, 0.2) is 17.4 Å². The van der Waals surface area contributed by atoms with E-state index in [2.05, 4.69) is 0 Å². The number of allylic oxidation sites excluding steroid dienone is 3. The van der Waals surface area contributed by atoms with Crippen molar-refractivity contribution in [3.05, 3.63) is 24.3 Å². The zero-order valence-corrected chi connectivity index (χ0v) is 4.66. The van der Waals surface area contributed by atoms with Gasteiger partial charge in [-0.3, -0.25) is 0 Å². The molecule has 0 aliphatic heterocycles. The fourth-order valence-corrected chi connectivity index (χ4v) is 0.249. The van der Waals surface area contributed by atoms with Crippen molar-refractivity contribution in [1.82, 2.24) is 0 Å². The lowest BCUT2D eigenvalue weighted by Gasteiger charge is -1.72. The smallest absolute Gasteiger partial charge is 0.328 e. The summed E-state index contributed by atoms with van der Waals surface area (Å²) in [6.07, 6.45) is 5.98. The minimum Gasteiger partial charge on any atom is -0.478 e. The second kappa shape index (κ2) is 7.48. The predicted molar refractivity (Wildman–Crippen MR) is 41.5 cm³/mol. The van der Waals surface area contributed by atoms with Crippen LogP contribution in [0, 0.1) is 0 Å². The molecule has 0 aromatic heterocycles. The maximum atomic E-state index is 9.75. The van der Waals surface area contributed by atoms with Crippen LogP contribution in [0.15, 0.2) is 24.3 Å². The standard InChI is InChI=1S/C6H8O2.Al.3H/c1-2-3-4-5-6(7)8;;;;/h2-5H,1H3,(H,7,8);;;;/b3-2+,5-4+;;;;. The van der Waals surface area contributed by atoms with Crippen LogP contribution in [0.3, 0.4) is 0 Å². The molecule has 0 saturated carbocycles. The Hall–Kier alpha value is -0.518. The van der Waals surface area contributed by atoms with Crippen molar-refractivity contribution in [2.24, 2.45) is 0 Å². The summed E-state index contributed by atoms with van der Waals surface area (Å²) in [6, 6.07) is 0. The fraction of sp³-hybridized carbons (Fsp3) is 0.167. The molecule has 0 aliphatic rings. The van der Waals surface area contributed by atoms with E-state index in [0.717, 1.165) is 6.08 Å². The first-order chi connectivity index (χ1) is 3.77. The number of carboxylic acid groups (broad SMARTS) is 1. The van der Waals surface area contributed by atoms with E-state index in [4.69, 9.17) is 5.11 Å². The van der Waals surface area contributed by atoms with Gasteiger partial charge in [-0.1, -0.05) is 18.2 Å². The number of rotatable bonds is 2. The maximum Gasteiger partial charge on any atom is 0.328 e. The third-order valence-corrected chi connectivity index (χ3v) is 0.542. The second-order valence-electron chi connectivity index (χ2n) is 1.22. The summed E-state index contributed by atoms with van der Waals surface area (Å²) in [5.41, 5.74) is 0. The molecule has 9 heavy (non-hydrogen) atoms. The number of carboxylic acids is 1. The number of aliphatic carboxylic acids is 1. The van der Waals surface area contributed by atoms with E-state index in [9.17, 15) is 4.79 Å². The summed E-state index contributed by atoms with van der Waals surface area (Å²) in [7, 11) is 0. The SMILES string of the molecule is C/C=C/C=C/C(=O)O.[AlH3]. The van der Waals surface area contributed by atoms with Crippen molar-refractivity contribution >= 4 is 23.3 Å². The summed E-state index contributed by atoms with van der Waals surface area (Å²) in [5.74, 6) is -0.914. The molecule has 1 N–H and O–H groups in total. The molecule has 0 aromatic carbocycles. The van der Waals surface area contributed by atoms with Crippen LogP contribution in [0.4, 0.5) is 0 Å². The van der Waals surface area contributed by atoms with Crippen molar-refractivity contribution in [1.29, 1.82) is 0 Å². The zero-order valence-electron chi connectivity index (χ0n) is 4.66. The topological polar surface area (TPSA) is 37.3 Å². The van der Waals surface area contributed by atoms with Crippen LogP contribution < -0.4 is 0 Å². The average Bonchev–Trinajstić information content (AvgIpc) is 1.66. The molecule has 0 rings (SSSR count). The van der Waals surface area contributed by atoms with Gasteiger partial charge in [0.1, 0.15) is 0 Å². The van der Waals surface area contributed by atoms with Crippen molar-refractivity contribution in [3.63, 3.8) is 0 Å². The third kappa shape index (κ3) is 11.2. The van der Waals surface area contributed by atoms with Crippen molar-refractivity contribution in [2.75, 3.05) is 0 Å². The number of carbonyl (C=O) groups is 1. The molecule has 0 aromatic rings. The lowest BCUT2D eigenvalue weighted by Crippen LogP contribution is -1.83. The molecule has 0 bridgehead atoms. The Labute approximate surface area is 65.0 Å². The van der Waals surface area contributed by atoms with E-state index in [1.54, 1.807) is 12.2 Å². The Bertz CT molecular complexity index is 127. The van der Waals surface area contributed by atoms with Gasteiger partial charge in [-0.2, -0.15) is 0 Å². The molecule has 0 saturated heterocycles. The normalized spacial score (nSPS) is 9.89. The number of hydrogen-bond acceptors (Lipinski definition) is 1. The molecule has 0 unspecified atom stereocenters. The van der Waals surface area contributed by atoms with Crippen LogP contribution in [0.25, 0.3) is 0 Å². The lowest BCUT2D eigenvalue weighted by atomic mass is 10.4. The number of hydrogen-bond donors (Lipinski definition) is 1. The van der Waals surface area contributed by atoms with Crippen LogP contribution in [-0.2, 0) is 4.79 Å². The van der Waals surface area contributed by atoms with Crippen LogP contribution in [-0.4, -0.2) is 28.4 Å². The molecule has 50 valence electrons. The van der Waals surface area contributed by atoms with E-state index < -0.39 is 5.97 Å². The second-order valence-corrected chi connectivity index (χ2v) is 1.22. The highest BCUT2D eigenvalue weighted by molar-refractivity contribution is 5.80. The van der Waals surface area contributed by atoms with Gasteiger partial charge in [0.25, 0.3) is 0 Å². The molecule has 3 heteroatoms. The van der Waals surface area contributed by atoms with Crippen LogP contribution in [0.5, 0.6) is 0 Å². The largest absolute Gasteiger partial charge is 0.478 e. The van der Waals surface area contributed by atoms with E-state index in [0.29, 0.717) is 0 Å². The van der Waals surface area contributed by atoms with Gasteiger partial charge in [0.05, 0.1) is 0 Å². The molecule has 0 amide bonds. The van der Waals surface area contributed by atoms with Crippen molar-refractivity contribution < 1.29 is 9.90 Å². The van der Waals surface area contributed by atoms with E-state index in [1.165, 1.54) is 6.08 Å². The summed E-state index contributed by atoms with van der Waals surface area (Å²) in [6.45, 7) is 1.83. The average molecular weight is 142 g/mol. The first-order valence-electron chi connectivity index (χ1n) is 2.29. The first kappa shape index (κ1) is 11.3. The Morgan fingerprint density at radius 3 is 2.33 bits per heavy atom.